The van der Waals surface area contributed by atoms with Crippen LogP contribution in [0.4, 0.5) is 0 Å². The van der Waals surface area contributed by atoms with Gasteiger partial charge in [-0.05, 0) is 31.0 Å². The molecule has 1 atom stereocenters. The van der Waals surface area contributed by atoms with Crippen molar-refractivity contribution in [1.29, 1.82) is 0 Å². The molecule has 0 spiro atoms. The summed E-state index contributed by atoms with van der Waals surface area (Å²) >= 11 is 9.43. The number of nitrogens with one attached hydrogen (secondary N) is 1. The van der Waals surface area contributed by atoms with E-state index in [1.54, 1.807) is 13.0 Å². The Morgan fingerprint density at radius 2 is 2.22 bits per heavy atom. The van der Waals surface area contributed by atoms with Crippen LogP contribution in [0.5, 0.6) is 0 Å². The largest absolute Gasteiger partial charge is 0.480 e. The molecule has 3 nitrogen and oxygen atoms in total. The summed E-state index contributed by atoms with van der Waals surface area (Å²) in [5, 5.41) is 13.0. The molecule has 0 saturated heterocycles. The number of carbonyl (C=O) groups is 1. The molecule has 18 heavy (non-hydrogen) atoms. The molecular weight excluding hydrogens is 318 g/mol. The van der Waals surface area contributed by atoms with Crippen LogP contribution < -0.4 is 5.32 Å². The van der Waals surface area contributed by atoms with Gasteiger partial charge in [0.25, 0.3) is 0 Å². The van der Waals surface area contributed by atoms with Gasteiger partial charge >= 0.3 is 5.97 Å². The smallest absolute Gasteiger partial charge is 0.323 e. The molecule has 1 aromatic rings. The highest BCUT2D eigenvalue weighted by molar-refractivity contribution is 9.10. The van der Waals surface area contributed by atoms with Crippen molar-refractivity contribution >= 4 is 33.5 Å². The first-order valence-corrected chi connectivity index (χ1v) is 6.98. The molecule has 0 aromatic heterocycles. The fourth-order valence-corrected chi connectivity index (χ4v) is 2.47. The molecule has 100 valence electrons. The molecule has 0 aliphatic heterocycles. The van der Waals surface area contributed by atoms with Crippen molar-refractivity contribution in [1.82, 2.24) is 5.32 Å². The SMILES string of the molecule is CCCC(C)(NCc1ccc(Br)cc1Cl)C(=O)O. The molecule has 1 rings (SSSR count). The van der Waals surface area contributed by atoms with Gasteiger partial charge in [-0.3, -0.25) is 10.1 Å². The molecule has 0 aliphatic rings. The summed E-state index contributed by atoms with van der Waals surface area (Å²) in [7, 11) is 0. The Labute approximate surface area is 121 Å². The molecular formula is C13H17BrClNO2. The molecule has 1 unspecified atom stereocenters. The Bertz CT molecular complexity index is 439. The zero-order valence-corrected chi connectivity index (χ0v) is 12.8. The second-order valence-electron chi connectivity index (χ2n) is 4.48. The third kappa shape index (κ3) is 3.97. The van der Waals surface area contributed by atoms with Crippen LogP contribution in [0, 0.1) is 0 Å². The summed E-state index contributed by atoms with van der Waals surface area (Å²) in [4.78, 5) is 11.3. The van der Waals surface area contributed by atoms with Gasteiger partial charge in [0.2, 0.25) is 0 Å². The number of rotatable bonds is 6. The quantitative estimate of drug-likeness (QED) is 0.831. The molecule has 5 heteroatoms. The van der Waals surface area contributed by atoms with Gasteiger partial charge in [-0.15, -0.1) is 0 Å². The number of benzene rings is 1. The number of hydrogen-bond acceptors (Lipinski definition) is 2. The van der Waals surface area contributed by atoms with Crippen LogP contribution in [0.3, 0.4) is 0 Å². The van der Waals surface area contributed by atoms with Gasteiger partial charge in [-0.2, -0.15) is 0 Å². The Morgan fingerprint density at radius 1 is 1.56 bits per heavy atom. The lowest BCUT2D eigenvalue weighted by molar-refractivity contribution is -0.144. The van der Waals surface area contributed by atoms with Crippen molar-refractivity contribution in [2.45, 2.75) is 38.8 Å². The second-order valence-corrected chi connectivity index (χ2v) is 5.80. The normalized spacial score (nSPS) is 14.2. The summed E-state index contributed by atoms with van der Waals surface area (Å²) in [6.45, 7) is 4.11. The van der Waals surface area contributed by atoms with E-state index in [2.05, 4.69) is 21.2 Å². The molecule has 0 radical (unpaired) electrons. The monoisotopic (exact) mass is 333 g/mol. The maximum absolute atomic E-state index is 11.3. The average molecular weight is 335 g/mol. The third-order valence-electron chi connectivity index (χ3n) is 2.91. The fourth-order valence-electron chi connectivity index (χ4n) is 1.73. The van der Waals surface area contributed by atoms with Crippen LogP contribution in [0.1, 0.15) is 32.3 Å². The van der Waals surface area contributed by atoms with Gasteiger partial charge in [0.05, 0.1) is 0 Å². The molecule has 1 aromatic carbocycles. The molecule has 0 saturated carbocycles. The van der Waals surface area contributed by atoms with Gasteiger partial charge in [0.1, 0.15) is 5.54 Å². The van der Waals surface area contributed by atoms with Crippen molar-refractivity contribution in [3.63, 3.8) is 0 Å². The number of aliphatic carboxylic acids is 1. The predicted octanol–water partition coefficient (Wildman–Crippen LogP) is 3.84. The Balaban J connectivity index is 2.76. The number of carboxylic acid groups (broad SMARTS) is 1. The average Bonchev–Trinajstić information content (AvgIpc) is 2.28. The highest BCUT2D eigenvalue weighted by Crippen LogP contribution is 2.22. The van der Waals surface area contributed by atoms with Crippen LogP contribution >= 0.6 is 27.5 Å². The van der Waals surface area contributed by atoms with Crippen molar-refractivity contribution in [2.24, 2.45) is 0 Å². The van der Waals surface area contributed by atoms with E-state index in [0.717, 1.165) is 16.5 Å². The van der Waals surface area contributed by atoms with Crippen molar-refractivity contribution in [3.05, 3.63) is 33.3 Å². The predicted molar refractivity (Wildman–Crippen MR) is 76.9 cm³/mol. The Kier molecular flexibility index (Phi) is 5.63. The molecule has 2 N–H and O–H groups in total. The van der Waals surface area contributed by atoms with Crippen molar-refractivity contribution in [2.75, 3.05) is 0 Å². The zero-order chi connectivity index (χ0) is 13.8. The van der Waals surface area contributed by atoms with E-state index in [9.17, 15) is 9.90 Å². The summed E-state index contributed by atoms with van der Waals surface area (Å²) in [6.07, 6.45) is 1.39. The van der Waals surface area contributed by atoms with Crippen LogP contribution in [-0.2, 0) is 11.3 Å². The van der Waals surface area contributed by atoms with Gasteiger partial charge < -0.3 is 5.11 Å². The number of halogens is 2. The van der Waals surface area contributed by atoms with E-state index < -0.39 is 11.5 Å². The van der Waals surface area contributed by atoms with E-state index >= 15 is 0 Å². The first-order chi connectivity index (χ1) is 8.39. The van der Waals surface area contributed by atoms with E-state index in [4.69, 9.17) is 11.6 Å². The van der Waals surface area contributed by atoms with Crippen LogP contribution in [0.15, 0.2) is 22.7 Å². The first-order valence-electron chi connectivity index (χ1n) is 5.81. The third-order valence-corrected chi connectivity index (χ3v) is 3.75. The highest BCUT2D eigenvalue weighted by Gasteiger charge is 2.31. The molecule has 0 aliphatic carbocycles. The number of carboxylic acids is 1. The Hall–Kier alpha value is -0.580. The minimum atomic E-state index is -0.912. The summed E-state index contributed by atoms with van der Waals surface area (Å²) in [5.74, 6) is -0.836. The topological polar surface area (TPSA) is 49.3 Å². The maximum Gasteiger partial charge on any atom is 0.323 e. The summed E-state index contributed by atoms with van der Waals surface area (Å²) in [5.41, 5.74) is -0.0195. The second kappa shape index (κ2) is 6.55. The first kappa shape index (κ1) is 15.5. The molecule has 0 amide bonds. The van der Waals surface area contributed by atoms with Crippen LogP contribution in [-0.4, -0.2) is 16.6 Å². The van der Waals surface area contributed by atoms with E-state index in [-0.39, 0.29) is 0 Å². The van der Waals surface area contributed by atoms with E-state index in [1.165, 1.54) is 0 Å². The standard InChI is InChI=1S/C13H17BrClNO2/c1-3-6-13(2,12(17)18)16-8-9-4-5-10(14)7-11(9)15/h4-5,7,16H,3,6,8H2,1-2H3,(H,17,18). The van der Waals surface area contributed by atoms with Crippen molar-refractivity contribution < 1.29 is 9.90 Å². The summed E-state index contributed by atoms with van der Waals surface area (Å²) in [6, 6.07) is 5.57. The zero-order valence-electron chi connectivity index (χ0n) is 10.5. The molecule has 0 heterocycles. The van der Waals surface area contributed by atoms with Gasteiger partial charge in [-0.25, -0.2) is 0 Å². The van der Waals surface area contributed by atoms with Gasteiger partial charge in [-0.1, -0.05) is 46.9 Å². The lowest BCUT2D eigenvalue weighted by atomic mass is 9.96. The minimum absolute atomic E-state index is 0.439. The number of hydrogen-bond donors (Lipinski definition) is 2. The minimum Gasteiger partial charge on any atom is -0.480 e. The Morgan fingerprint density at radius 3 is 2.72 bits per heavy atom. The van der Waals surface area contributed by atoms with Gasteiger partial charge in [0, 0.05) is 16.0 Å². The molecule has 0 bridgehead atoms. The lowest BCUT2D eigenvalue weighted by Crippen LogP contribution is -2.48. The summed E-state index contributed by atoms with van der Waals surface area (Å²) < 4.78 is 0.908. The lowest BCUT2D eigenvalue weighted by Gasteiger charge is -2.26. The highest BCUT2D eigenvalue weighted by atomic mass is 79.9. The van der Waals surface area contributed by atoms with E-state index in [1.807, 2.05) is 19.1 Å². The van der Waals surface area contributed by atoms with Crippen LogP contribution in [0.2, 0.25) is 5.02 Å². The molecule has 0 fully saturated rings. The maximum atomic E-state index is 11.3. The van der Waals surface area contributed by atoms with Crippen molar-refractivity contribution in [3.8, 4) is 0 Å². The van der Waals surface area contributed by atoms with Gasteiger partial charge in [0.15, 0.2) is 0 Å². The fraction of sp³-hybridized carbons (Fsp3) is 0.462. The van der Waals surface area contributed by atoms with Crippen LogP contribution in [0.25, 0.3) is 0 Å². The van der Waals surface area contributed by atoms with E-state index in [0.29, 0.717) is 18.0 Å².